The quantitative estimate of drug-likeness (QED) is 0.293. The average molecular weight is 429 g/mol. The number of carbonyl (C=O) groups excluding carboxylic acids is 1. The second kappa shape index (κ2) is 8.10. The minimum atomic E-state index is -3.84. The van der Waals surface area contributed by atoms with Crippen LogP contribution >= 0.6 is 0 Å². The van der Waals surface area contributed by atoms with Crippen LogP contribution in [0.15, 0.2) is 64.7 Å². The molecular weight excluding hydrogens is 414 g/mol. The van der Waals surface area contributed by atoms with E-state index in [4.69, 9.17) is 10.9 Å². The summed E-state index contributed by atoms with van der Waals surface area (Å²) in [6, 6.07) is 11.3. The zero-order valence-electron chi connectivity index (χ0n) is 15.2. The highest BCUT2D eigenvalue weighted by Gasteiger charge is 2.17. The average Bonchev–Trinajstić information content (AvgIpc) is 3.09. The smallest absolute Gasteiger partial charge is 0.278 e. The Bertz CT molecular complexity index is 1250. The van der Waals surface area contributed by atoms with Crippen molar-refractivity contribution < 1.29 is 18.1 Å². The lowest BCUT2D eigenvalue weighted by Gasteiger charge is -2.06. The molecule has 0 spiro atoms. The Morgan fingerprint density at radius 1 is 1.20 bits per heavy atom. The molecule has 0 saturated carbocycles. The number of nitrogen functional groups attached to an aromatic ring is 1. The van der Waals surface area contributed by atoms with Gasteiger partial charge in [-0.2, -0.15) is 10.2 Å². The van der Waals surface area contributed by atoms with E-state index in [0.29, 0.717) is 5.69 Å². The van der Waals surface area contributed by atoms with Crippen molar-refractivity contribution in [3.63, 3.8) is 0 Å². The number of benzene rings is 2. The largest absolute Gasteiger partial charge is 0.383 e. The third kappa shape index (κ3) is 4.31. The number of anilines is 1. The van der Waals surface area contributed by atoms with Crippen molar-refractivity contribution in [3.8, 4) is 5.69 Å². The van der Waals surface area contributed by atoms with Gasteiger partial charge in [0.25, 0.3) is 11.6 Å². The summed E-state index contributed by atoms with van der Waals surface area (Å²) in [7, 11) is -3.84. The van der Waals surface area contributed by atoms with Crippen LogP contribution in [0.3, 0.4) is 0 Å². The number of nitrogens with one attached hydrogen (secondary N) is 1. The van der Waals surface area contributed by atoms with Crippen LogP contribution in [0.1, 0.15) is 15.9 Å². The number of sulfonamides is 1. The third-order valence-electron chi connectivity index (χ3n) is 3.96. The molecule has 30 heavy (non-hydrogen) atoms. The Morgan fingerprint density at radius 3 is 2.50 bits per heavy atom. The van der Waals surface area contributed by atoms with E-state index in [2.05, 4.69) is 15.6 Å². The fourth-order valence-corrected chi connectivity index (χ4v) is 3.01. The number of hydrazone groups is 1. The molecule has 3 aromatic rings. The molecular formula is C17H15N7O5S. The Kier molecular flexibility index (Phi) is 5.57. The number of primary sulfonamides is 1. The monoisotopic (exact) mass is 429 g/mol. The molecule has 154 valence electrons. The van der Waals surface area contributed by atoms with E-state index < -0.39 is 20.9 Å². The molecule has 12 nitrogen and oxygen atoms in total. The van der Waals surface area contributed by atoms with Crippen LogP contribution in [0.5, 0.6) is 0 Å². The van der Waals surface area contributed by atoms with Gasteiger partial charge >= 0.3 is 0 Å². The number of nitro groups is 1. The van der Waals surface area contributed by atoms with Crippen LogP contribution in [0, 0.1) is 10.1 Å². The van der Waals surface area contributed by atoms with Crippen molar-refractivity contribution in [3.05, 3.63) is 76.0 Å². The van der Waals surface area contributed by atoms with E-state index in [0.717, 1.165) is 6.21 Å². The zero-order valence-corrected chi connectivity index (χ0v) is 16.0. The van der Waals surface area contributed by atoms with E-state index in [1.54, 1.807) is 6.07 Å². The summed E-state index contributed by atoms with van der Waals surface area (Å²) in [6.45, 7) is 0. The minimum Gasteiger partial charge on any atom is -0.383 e. The summed E-state index contributed by atoms with van der Waals surface area (Å²) >= 11 is 0. The summed E-state index contributed by atoms with van der Waals surface area (Å²) < 4.78 is 23.9. The fraction of sp³-hybridized carbons (Fsp3) is 0. The van der Waals surface area contributed by atoms with Gasteiger partial charge in [0.1, 0.15) is 11.4 Å². The molecule has 2 aromatic carbocycles. The second-order valence-corrected chi connectivity index (χ2v) is 7.47. The van der Waals surface area contributed by atoms with E-state index in [-0.39, 0.29) is 27.5 Å². The first kappa shape index (κ1) is 20.6. The SMILES string of the molecule is Nc1c(C(=O)N/N=C/c2ccccc2[N+](=O)[O-])cnn1-c1ccc(S(N)(=O)=O)cc1. The lowest BCUT2D eigenvalue weighted by Crippen LogP contribution is -2.19. The number of carbonyl (C=O) groups is 1. The van der Waals surface area contributed by atoms with E-state index in [9.17, 15) is 23.3 Å². The van der Waals surface area contributed by atoms with Crippen molar-refractivity contribution >= 4 is 33.7 Å². The van der Waals surface area contributed by atoms with Crippen LogP contribution < -0.4 is 16.3 Å². The second-order valence-electron chi connectivity index (χ2n) is 5.91. The van der Waals surface area contributed by atoms with E-state index in [1.165, 1.54) is 53.3 Å². The molecule has 3 rings (SSSR count). The first-order chi connectivity index (χ1) is 14.2. The molecule has 0 aliphatic rings. The van der Waals surface area contributed by atoms with Crippen molar-refractivity contribution in [2.75, 3.05) is 5.73 Å². The standard InChI is InChI=1S/C17H15N7O5S/c18-16-14(10-21-23(16)12-5-7-13(8-6-12)30(19,28)29)17(25)22-20-9-11-3-1-2-4-15(11)24(26)27/h1-10H,18H2,(H,22,25)(H2,19,28,29)/b20-9+. The number of rotatable bonds is 6. The maximum absolute atomic E-state index is 12.3. The highest BCUT2D eigenvalue weighted by molar-refractivity contribution is 7.89. The van der Waals surface area contributed by atoms with Gasteiger partial charge in [0, 0.05) is 6.07 Å². The van der Waals surface area contributed by atoms with Crippen molar-refractivity contribution in [2.45, 2.75) is 4.90 Å². The maximum Gasteiger partial charge on any atom is 0.278 e. The van der Waals surface area contributed by atoms with Gasteiger partial charge in [0.2, 0.25) is 10.0 Å². The highest BCUT2D eigenvalue weighted by atomic mass is 32.2. The summed E-state index contributed by atoms with van der Waals surface area (Å²) in [4.78, 5) is 22.7. The number of aromatic nitrogens is 2. The topological polar surface area (TPSA) is 189 Å². The molecule has 1 amide bonds. The third-order valence-corrected chi connectivity index (χ3v) is 4.89. The van der Waals surface area contributed by atoms with Crippen LogP contribution in [-0.4, -0.2) is 35.2 Å². The molecule has 0 saturated heterocycles. The van der Waals surface area contributed by atoms with Crippen LogP contribution in [0.2, 0.25) is 0 Å². The molecule has 0 aliphatic heterocycles. The zero-order chi connectivity index (χ0) is 21.9. The predicted octanol–water partition coefficient (Wildman–Crippen LogP) is 0.774. The summed E-state index contributed by atoms with van der Waals surface area (Å²) in [5, 5.41) is 23.8. The number of nitro benzene ring substituents is 1. The minimum absolute atomic E-state index is 0.00485. The van der Waals surface area contributed by atoms with Gasteiger partial charge in [-0.25, -0.2) is 23.7 Å². The Balaban J connectivity index is 1.77. The van der Waals surface area contributed by atoms with Crippen molar-refractivity contribution in [2.24, 2.45) is 10.2 Å². The van der Waals surface area contributed by atoms with Crippen LogP contribution in [0.4, 0.5) is 11.5 Å². The molecule has 0 radical (unpaired) electrons. The number of nitrogens with zero attached hydrogens (tertiary/aromatic N) is 4. The molecule has 1 aromatic heterocycles. The molecule has 0 unspecified atom stereocenters. The summed E-state index contributed by atoms with van der Waals surface area (Å²) in [6.07, 6.45) is 2.35. The van der Waals surface area contributed by atoms with Gasteiger partial charge in [-0.15, -0.1) is 0 Å². The molecule has 0 aliphatic carbocycles. The van der Waals surface area contributed by atoms with Gasteiger partial charge in [0.05, 0.1) is 33.5 Å². The lowest BCUT2D eigenvalue weighted by molar-refractivity contribution is -0.385. The normalized spacial score (nSPS) is 11.5. The van der Waals surface area contributed by atoms with Crippen molar-refractivity contribution in [1.82, 2.24) is 15.2 Å². The Hall–Kier alpha value is -4.10. The molecule has 0 fully saturated rings. The van der Waals surface area contributed by atoms with Gasteiger partial charge in [0.15, 0.2) is 0 Å². The molecule has 13 heteroatoms. The lowest BCUT2D eigenvalue weighted by atomic mass is 10.2. The Morgan fingerprint density at radius 2 is 1.87 bits per heavy atom. The number of hydrogen-bond donors (Lipinski definition) is 3. The fourth-order valence-electron chi connectivity index (χ4n) is 2.50. The predicted molar refractivity (Wildman–Crippen MR) is 108 cm³/mol. The highest BCUT2D eigenvalue weighted by Crippen LogP contribution is 2.19. The number of amides is 1. The number of nitrogens with two attached hydrogens (primary N) is 2. The first-order valence-electron chi connectivity index (χ1n) is 8.22. The van der Waals surface area contributed by atoms with E-state index >= 15 is 0 Å². The van der Waals surface area contributed by atoms with Crippen molar-refractivity contribution in [1.29, 1.82) is 0 Å². The summed E-state index contributed by atoms with van der Waals surface area (Å²) in [5.41, 5.74) is 8.65. The van der Waals surface area contributed by atoms with Gasteiger partial charge in [-0.1, -0.05) is 12.1 Å². The maximum atomic E-state index is 12.3. The number of hydrogen-bond acceptors (Lipinski definition) is 8. The molecule has 1 heterocycles. The number of para-hydroxylation sites is 1. The van der Waals surface area contributed by atoms with Gasteiger partial charge < -0.3 is 5.73 Å². The Labute approximate surface area is 170 Å². The van der Waals surface area contributed by atoms with Crippen LogP contribution in [-0.2, 0) is 10.0 Å². The van der Waals surface area contributed by atoms with Crippen LogP contribution in [0.25, 0.3) is 5.69 Å². The first-order valence-corrected chi connectivity index (χ1v) is 9.76. The summed E-state index contributed by atoms with van der Waals surface area (Å²) in [5.74, 6) is -0.702. The molecule has 5 N–H and O–H groups in total. The molecule has 0 atom stereocenters. The van der Waals surface area contributed by atoms with Gasteiger partial charge in [-0.3, -0.25) is 14.9 Å². The van der Waals surface area contributed by atoms with Gasteiger partial charge in [-0.05, 0) is 30.3 Å². The van der Waals surface area contributed by atoms with E-state index in [1.807, 2.05) is 0 Å². The molecule has 0 bridgehead atoms.